The molecule has 0 bridgehead atoms. The van der Waals surface area contributed by atoms with Crippen LogP contribution in [0.4, 0.5) is 18.9 Å². The molecule has 3 rings (SSSR count). The van der Waals surface area contributed by atoms with Crippen LogP contribution in [-0.4, -0.2) is 35.0 Å². The summed E-state index contributed by atoms with van der Waals surface area (Å²) >= 11 is 5.49. The fraction of sp³-hybridized carbons (Fsp3) is 0.346. The Morgan fingerprint density at radius 3 is 2.42 bits per heavy atom. The minimum absolute atomic E-state index is 0.110. The Labute approximate surface area is 213 Å². The number of carbonyl (C=O) groups excluding carboxylic acids is 2. The molecule has 1 aliphatic heterocycles. The Balaban J connectivity index is 1.84. The lowest BCUT2D eigenvalue weighted by molar-refractivity contribution is -0.140. The maximum Gasteiger partial charge on any atom is 0.416 e. The van der Waals surface area contributed by atoms with Crippen molar-refractivity contribution >= 4 is 34.9 Å². The number of amides is 1. The number of esters is 1. The number of halogens is 3. The summed E-state index contributed by atoms with van der Waals surface area (Å²) in [5, 5.41) is 6.27. The van der Waals surface area contributed by atoms with Gasteiger partial charge in [-0.1, -0.05) is 32.0 Å². The van der Waals surface area contributed by atoms with Crippen LogP contribution in [0.3, 0.4) is 0 Å². The number of hydrogen-bond acceptors (Lipinski definition) is 4. The van der Waals surface area contributed by atoms with Crippen molar-refractivity contribution in [3.05, 3.63) is 76.5 Å². The Bertz CT molecular complexity index is 1180. The molecular weight excluding hydrogens is 491 g/mol. The highest BCUT2D eigenvalue weighted by molar-refractivity contribution is 7.80. The van der Waals surface area contributed by atoms with Crippen LogP contribution in [0, 0.1) is 5.92 Å². The average molecular weight is 520 g/mol. The molecule has 1 amide bonds. The number of anilines is 1. The number of nitrogens with one attached hydrogen (secondary N) is 2. The number of alkyl halides is 3. The Morgan fingerprint density at radius 1 is 1.17 bits per heavy atom. The predicted molar refractivity (Wildman–Crippen MR) is 135 cm³/mol. The number of rotatable bonds is 7. The smallest absolute Gasteiger partial charge is 0.416 e. The fourth-order valence-corrected chi connectivity index (χ4v) is 4.18. The molecule has 0 radical (unpaired) electrons. The molecule has 1 aliphatic rings. The molecule has 6 nitrogen and oxygen atoms in total. The van der Waals surface area contributed by atoms with Crippen LogP contribution in [0.25, 0.3) is 0 Å². The van der Waals surface area contributed by atoms with Crippen molar-refractivity contribution in [2.45, 2.75) is 39.9 Å². The number of nitrogens with zero attached hydrogens (tertiary/aromatic N) is 1. The van der Waals surface area contributed by atoms with Crippen LogP contribution in [0.2, 0.25) is 0 Å². The van der Waals surface area contributed by atoms with Gasteiger partial charge >= 0.3 is 12.1 Å². The summed E-state index contributed by atoms with van der Waals surface area (Å²) in [6.07, 6.45) is -4.54. The highest BCUT2D eigenvalue weighted by Crippen LogP contribution is 2.32. The van der Waals surface area contributed by atoms with Crippen molar-refractivity contribution < 1.29 is 27.5 Å². The molecule has 1 heterocycles. The van der Waals surface area contributed by atoms with Gasteiger partial charge in [-0.2, -0.15) is 13.2 Å². The summed E-state index contributed by atoms with van der Waals surface area (Å²) in [7, 11) is 0. The first-order valence-corrected chi connectivity index (χ1v) is 11.9. The van der Waals surface area contributed by atoms with E-state index in [1.165, 1.54) is 12.1 Å². The average Bonchev–Trinajstić information content (AvgIpc) is 2.82. The zero-order chi connectivity index (χ0) is 26.6. The van der Waals surface area contributed by atoms with Gasteiger partial charge in [-0.05, 0) is 67.9 Å². The maximum absolute atomic E-state index is 13.0. The molecule has 1 atom stereocenters. The van der Waals surface area contributed by atoms with E-state index < -0.39 is 29.7 Å². The maximum atomic E-state index is 13.0. The third-order valence-electron chi connectivity index (χ3n) is 5.63. The quantitative estimate of drug-likeness (QED) is 0.362. The molecule has 2 aromatic rings. The van der Waals surface area contributed by atoms with Gasteiger partial charge in [-0.15, -0.1) is 0 Å². The van der Waals surface area contributed by atoms with Gasteiger partial charge in [0.2, 0.25) is 0 Å². The van der Waals surface area contributed by atoms with E-state index in [0.29, 0.717) is 34.2 Å². The monoisotopic (exact) mass is 519 g/mol. The second-order valence-electron chi connectivity index (χ2n) is 8.77. The normalized spacial score (nSPS) is 16.2. The number of ether oxygens (including phenoxy) is 1. The molecule has 0 saturated heterocycles. The minimum Gasteiger partial charge on any atom is -0.462 e. The topological polar surface area (TPSA) is 70.7 Å². The van der Waals surface area contributed by atoms with Gasteiger partial charge in [0.25, 0.3) is 5.91 Å². The predicted octanol–water partition coefficient (Wildman–Crippen LogP) is 5.68. The van der Waals surface area contributed by atoms with Crippen molar-refractivity contribution in [2.24, 2.45) is 5.92 Å². The van der Waals surface area contributed by atoms with Gasteiger partial charge in [-0.3, -0.25) is 4.79 Å². The second kappa shape index (κ2) is 11.1. The SMILES string of the molecule is CCN1C(=S)N[C@@H](c2ccc(NC(=O)c3cccc(C(F)(F)F)c3)cc2)C(C(=O)OCC(C)C)=C1C. The molecule has 0 unspecified atom stereocenters. The number of allylic oxidation sites excluding steroid dienone is 1. The number of carbonyl (C=O) groups is 2. The molecule has 36 heavy (non-hydrogen) atoms. The summed E-state index contributed by atoms with van der Waals surface area (Å²) in [4.78, 5) is 27.3. The third kappa shape index (κ3) is 6.23. The van der Waals surface area contributed by atoms with Crippen LogP contribution in [0.15, 0.2) is 59.8 Å². The fourth-order valence-electron chi connectivity index (χ4n) is 3.80. The van der Waals surface area contributed by atoms with Crippen molar-refractivity contribution in [2.75, 3.05) is 18.5 Å². The molecule has 0 aromatic heterocycles. The van der Waals surface area contributed by atoms with Gasteiger partial charge in [0.05, 0.1) is 23.8 Å². The lowest BCUT2D eigenvalue weighted by atomic mass is 9.94. The minimum atomic E-state index is -4.54. The van der Waals surface area contributed by atoms with E-state index in [1.54, 1.807) is 24.3 Å². The van der Waals surface area contributed by atoms with Crippen molar-refractivity contribution in [1.82, 2.24) is 10.2 Å². The van der Waals surface area contributed by atoms with Gasteiger partial charge < -0.3 is 20.3 Å². The summed E-state index contributed by atoms with van der Waals surface area (Å²) in [5.74, 6) is -0.937. The van der Waals surface area contributed by atoms with Gasteiger partial charge in [0, 0.05) is 23.5 Å². The largest absolute Gasteiger partial charge is 0.462 e. The standard InChI is InChI=1S/C26H28F3N3O3S/c1-5-32-16(4)21(24(34)35-14-15(2)3)22(31-25(32)36)17-9-11-20(12-10-17)30-23(33)18-7-6-8-19(13-18)26(27,28)29/h6-13,15,22H,5,14H2,1-4H3,(H,30,33)(H,31,36)/t22-/m0/s1. The molecule has 0 spiro atoms. The summed E-state index contributed by atoms with van der Waals surface area (Å²) in [6.45, 7) is 8.50. The van der Waals surface area contributed by atoms with Crippen molar-refractivity contribution in [1.29, 1.82) is 0 Å². The molecule has 2 aromatic carbocycles. The Morgan fingerprint density at radius 2 is 1.83 bits per heavy atom. The van der Waals surface area contributed by atoms with E-state index >= 15 is 0 Å². The number of hydrogen-bond donors (Lipinski definition) is 2. The summed E-state index contributed by atoms with van der Waals surface area (Å²) in [6, 6.07) is 10.3. The Hall–Kier alpha value is -3.40. The molecule has 0 aliphatic carbocycles. The molecule has 192 valence electrons. The van der Waals surface area contributed by atoms with E-state index in [-0.39, 0.29) is 18.1 Å². The molecule has 2 N–H and O–H groups in total. The highest BCUT2D eigenvalue weighted by Gasteiger charge is 2.34. The van der Waals surface area contributed by atoms with Crippen LogP contribution < -0.4 is 10.6 Å². The first kappa shape index (κ1) is 27.2. The van der Waals surface area contributed by atoms with E-state index in [0.717, 1.165) is 12.1 Å². The summed E-state index contributed by atoms with van der Waals surface area (Å²) in [5.41, 5.74) is 1.22. The molecule has 0 fully saturated rings. The highest BCUT2D eigenvalue weighted by atomic mass is 32.1. The van der Waals surface area contributed by atoms with Crippen LogP contribution in [-0.2, 0) is 15.7 Å². The van der Waals surface area contributed by atoms with E-state index in [9.17, 15) is 22.8 Å². The zero-order valence-electron chi connectivity index (χ0n) is 20.4. The van der Waals surface area contributed by atoms with Crippen molar-refractivity contribution in [3.63, 3.8) is 0 Å². The number of benzene rings is 2. The van der Waals surface area contributed by atoms with Crippen molar-refractivity contribution in [3.8, 4) is 0 Å². The number of thiocarbonyl (C=S) groups is 1. The molecule has 10 heteroatoms. The van der Waals surface area contributed by atoms with Crippen LogP contribution in [0.5, 0.6) is 0 Å². The zero-order valence-corrected chi connectivity index (χ0v) is 21.2. The Kier molecular flexibility index (Phi) is 8.39. The lowest BCUT2D eigenvalue weighted by Crippen LogP contribution is -2.47. The second-order valence-corrected chi connectivity index (χ2v) is 9.16. The lowest BCUT2D eigenvalue weighted by Gasteiger charge is -2.37. The van der Waals surface area contributed by atoms with E-state index in [1.807, 2.05) is 32.6 Å². The van der Waals surface area contributed by atoms with E-state index in [4.69, 9.17) is 17.0 Å². The molecular formula is C26H28F3N3O3S. The van der Waals surface area contributed by atoms with Gasteiger partial charge in [0.1, 0.15) is 0 Å². The first-order chi connectivity index (χ1) is 16.9. The first-order valence-electron chi connectivity index (χ1n) is 11.5. The van der Waals surface area contributed by atoms with Gasteiger partial charge in [0.15, 0.2) is 5.11 Å². The summed E-state index contributed by atoms with van der Waals surface area (Å²) < 4.78 is 44.4. The molecule has 0 saturated carbocycles. The van der Waals surface area contributed by atoms with Crippen LogP contribution >= 0.6 is 12.2 Å². The van der Waals surface area contributed by atoms with Gasteiger partial charge in [-0.25, -0.2) is 4.79 Å². The van der Waals surface area contributed by atoms with Crippen LogP contribution in [0.1, 0.15) is 55.2 Å². The van der Waals surface area contributed by atoms with E-state index in [2.05, 4.69) is 10.6 Å². The third-order valence-corrected chi connectivity index (χ3v) is 5.97.